The minimum Gasteiger partial charge on any atom is -0.382 e. The summed E-state index contributed by atoms with van der Waals surface area (Å²) in [7, 11) is 0. The van der Waals surface area contributed by atoms with E-state index in [1.807, 2.05) is 54.6 Å². The molecule has 0 radical (unpaired) electrons. The molecule has 2 heterocycles. The van der Waals surface area contributed by atoms with Crippen molar-refractivity contribution in [1.29, 1.82) is 0 Å². The molecule has 0 saturated carbocycles. The Labute approximate surface area is 121 Å². The Hall–Kier alpha value is -3.01. The molecule has 4 heteroatoms. The highest BCUT2D eigenvalue weighted by Crippen LogP contribution is 2.32. The molecule has 0 aliphatic carbocycles. The predicted molar refractivity (Wildman–Crippen MR) is 84.7 cm³/mol. The third-order valence-electron chi connectivity index (χ3n) is 3.60. The van der Waals surface area contributed by atoms with Crippen LogP contribution in [0, 0.1) is 0 Å². The molecule has 0 spiro atoms. The smallest absolute Gasteiger partial charge is 0.154 e. The molecule has 4 rings (SSSR count). The molecule has 0 aliphatic heterocycles. The lowest BCUT2D eigenvalue weighted by molar-refractivity contribution is 1.07. The normalized spacial score (nSPS) is 11.0. The van der Waals surface area contributed by atoms with Crippen LogP contribution in [0.2, 0.25) is 0 Å². The van der Waals surface area contributed by atoms with Crippen molar-refractivity contribution in [3.8, 4) is 11.3 Å². The molecule has 100 valence electrons. The van der Waals surface area contributed by atoms with E-state index in [1.54, 1.807) is 6.20 Å². The Balaban J connectivity index is 2.13. The fraction of sp³-hybridized carbons (Fsp3) is 0. The summed E-state index contributed by atoms with van der Waals surface area (Å²) < 4.78 is 0. The van der Waals surface area contributed by atoms with E-state index in [1.165, 1.54) is 0 Å². The Morgan fingerprint density at radius 2 is 1.57 bits per heavy atom. The number of pyridine rings is 1. The molecule has 0 saturated heterocycles. The average Bonchev–Trinajstić information content (AvgIpc) is 2.55. The highest BCUT2D eigenvalue weighted by Gasteiger charge is 2.12. The summed E-state index contributed by atoms with van der Waals surface area (Å²) in [4.78, 5) is 4.49. The number of aromatic nitrogens is 3. The average molecular weight is 272 g/mol. The van der Waals surface area contributed by atoms with E-state index in [-0.39, 0.29) is 0 Å². The van der Waals surface area contributed by atoms with E-state index in [4.69, 9.17) is 5.73 Å². The highest BCUT2D eigenvalue weighted by atomic mass is 15.1. The standard InChI is InChI=1S/C17H12N4/c18-17-13-8-2-1-7-12(13)16(20-21-17)14-9-3-5-11-6-4-10-19-15(11)14/h1-10H,(H2,18,21). The fourth-order valence-corrected chi connectivity index (χ4v) is 2.62. The summed E-state index contributed by atoms with van der Waals surface area (Å²) in [6.45, 7) is 0. The maximum absolute atomic E-state index is 5.93. The Kier molecular flexibility index (Phi) is 2.54. The largest absolute Gasteiger partial charge is 0.382 e. The van der Waals surface area contributed by atoms with Gasteiger partial charge in [0.15, 0.2) is 5.82 Å². The molecule has 2 aromatic carbocycles. The predicted octanol–water partition coefficient (Wildman–Crippen LogP) is 3.43. The number of anilines is 1. The van der Waals surface area contributed by atoms with Gasteiger partial charge in [0.2, 0.25) is 0 Å². The number of nitrogens with zero attached hydrogens (tertiary/aromatic N) is 3. The molecule has 0 aliphatic rings. The molecule has 2 aromatic heterocycles. The first-order valence-corrected chi connectivity index (χ1v) is 6.69. The lowest BCUT2D eigenvalue weighted by atomic mass is 10.0. The van der Waals surface area contributed by atoms with Crippen molar-refractivity contribution in [2.75, 3.05) is 5.73 Å². The number of benzene rings is 2. The monoisotopic (exact) mass is 272 g/mol. The first-order valence-electron chi connectivity index (χ1n) is 6.69. The summed E-state index contributed by atoms with van der Waals surface area (Å²) in [5, 5.41) is 11.4. The van der Waals surface area contributed by atoms with Gasteiger partial charge in [-0.3, -0.25) is 4.98 Å². The zero-order chi connectivity index (χ0) is 14.2. The third kappa shape index (κ3) is 1.80. The molecule has 0 atom stereocenters. The van der Waals surface area contributed by atoms with E-state index in [0.717, 1.165) is 32.9 Å². The zero-order valence-corrected chi connectivity index (χ0v) is 11.2. The fourth-order valence-electron chi connectivity index (χ4n) is 2.62. The van der Waals surface area contributed by atoms with Crippen LogP contribution in [0.15, 0.2) is 60.8 Å². The number of nitrogen functional groups attached to an aromatic ring is 1. The van der Waals surface area contributed by atoms with Gasteiger partial charge >= 0.3 is 0 Å². The molecule has 2 N–H and O–H groups in total. The van der Waals surface area contributed by atoms with Gasteiger partial charge in [-0.1, -0.05) is 48.5 Å². The van der Waals surface area contributed by atoms with E-state index < -0.39 is 0 Å². The highest BCUT2D eigenvalue weighted by molar-refractivity contribution is 6.04. The Morgan fingerprint density at radius 1 is 0.762 bits per heavy atom. The first kappa shape index (κ1) is 11.8. The summed E-state index contributed by atoms with van der Waals surface area (Å²) in [6, 6.07) is 17.9. The van der Waals surface area contributed by atoms with Crippen LogP contribution in [0.1, 0.15) is 0 Å². The molecule has 0 unspecified atom stereocenters. The topological polar surface area (TPSA) is 64.7 Å². The second-order valence-corrected chi connectivity index (χ2v) is 4.86. The summed E-state index contributed by atoms with van der Waals surface area (Å²) in [6.07, 6.45) is 1.79. The van der Waals surface area contributed by atoms with Crippen molar-refractivity contribution in [3.63, 3.8) is 0 Å². The molecule has 0 bridgehead atoms. The van der Waals surface area contributed by atoms with Crippen LogP contribution in [-0.2, 0) is 0 Å². The number of hydrogen-bond donors (Lipinski definition) is 1. The summed E-state index contributed by atoms with van der Waals surface area (Å²) in [5.74, 6) is 0.447. The van der Waals surface area contributed by atoms with Gasteiger partial charge in [-0.05, 0) is 6.07 Å². The Morgan fingerprint density at radius 3 is 2.48 bits per heavy atom. The van der Waals surface area contributed by atoms with Gasteiger partial charge in [-0.15, -0.1) is 10.2 Å². The van der Waals surface area contributed by atoms with Crippen molar-refractivity contribution in [3.05, 3.63) is 60.8 Å². The second-order valence-electron chi connectivity index (χ2n) is 4.86. The van der Waals surface area contributed by atoms with Crippen LogP contribution in [0.3, 0.4) is 0 Å². The SMILES string of the molecule is Nc1nnc(-c2cccc3cccnc23)c2ccccc12. The number of para-hydroxylation sites is 1. The molecule has 4 aromatic rings. The van der Waals surface area contributed by atoms with Crippen molar-refractivity contribution < 1.29 is 0 Å². The minimum atomic E-state index is 0.447. The summed E-state index contributed by atoms with van der Waals surface area (Å²) in [5.41, 5.74) is 8.63. The molecule has 0 amide bonds. The van der Waals surface area contributed by atoms with Crippen LogP contribution >= 0.6 is 0 Å². The van der Waals surface area contributed by atoms with Crippen LogP contribution in [0.25, 0.3) is 32.9 Å². The van der Waals surface area contributed by atoms with Gasteiger partial charge in [-0.2, -0.15) is 0 Å². The molecule has 4 nitrogen and oxygen atoms in total. The van der Waals surface area contributed by atoms with Crippen LogP contribution < -0.4 is 5.73 Å². The number of rotatable bonds is 1. The maximum atomic E-state index is 5.93. The van der Waals surface area contributed by atoms with E-state index in [9.17, 15) is 0 Å². The van der Waals surface area contributed by atoms with Gasteiger partial charge in [0.1, 0.15) is 5.69 Å². The van der Waals surface area contributed by atoms with Crippen LogP contribution in [0.4, 0.5) is 5.82 Å². The van der Waals surface area contributed by atoms with Crippen LogP contribution in [-0.4, -0.2) is 15.2 Å². The van der Waals surface area contributed by atoms with Crippen molar-refractivity contribution in [2.45, 2.75) is 0 Å². The molecular weight excluding hydrogens is 260 g/mol. The van der Waals surface area contributed by atoms with E-state index in [0.29, 0.717) is 5.82 Å². The lowest BCUT2D eigenvalue weighted by Crippen LogP contribution is -1.98. The molecular formula is C17H12N4. The lowest BCUT2D eigenvalue weighted by Gasteiger charge is -2.08. The first-order chi connectivity index (χ1) is 10.3. The second kappa shape index (κ2) is 4.52. The van der Waals surface area contributed by atoms with Gasteiger partial charge < -0.3 is 5.73 Å². The molecule has 21 heavy (non-hydrogen) atoms. The number of nitrogens with two attached hydrogens (primary N) is 1. The van der Waals surface area contributed by atoms with Gasteiger partial charge in [0.05, 0.1) is 5.52 Å². The Bertz CT molecular complexity index is 958. The van der Waals surface area contributed by atoms with Crippen molar-refractivity contribution in [1.82, 2.24) is 15.2 Å². The van der Waals surface area contributed by atoms with Gasteiger partial charge in [0.25, 0.3) is 0 Å². The zero-order valence-electron chi connectivity index (χ0n) is 11.2. The van der Waals surface area contributed by atoms with Crippen LogP contribution in [0.5, 0.6) is 0 Å². The number of hydrogen-bond acceptors (Lipinski definition) is 4. The number of fused-ring (bicyclic) bond motifs is 2. The van der Waals surface area contributed by atoms with E-state index in [2.05, 4.69) is 15.2 Å². The van der Waals surface area contributed by atoms with Gasteiger partial charge in [0, 0.05) is 27.9 Å². The van der Waals surface area contributed by atoms with E-state index >= 15 is 0 Å². The summed E-state index contributed by atoms with van der Waals surface area (Å²) >= 11 is 0. The van der Waals surface area contributed by atoms with Gasteiger partial charge in [-0.25, -0.2) is 0 Å². The van der Waals surface area contributed by atoms with Crippen molar-refractivity contribution in [2.24, 2.45) is 0 Å². The quantitative estimate of drug-likeness (QED) is 0.576. The maximum Gasteiger partial charge on any atom is 0.154 e. The van der Waals surface area contributed by atoms with Crippen molar-refractivity contribution >= 4 is 27.5 Å². The molecule has 0 fully saturated rings. The third-order valence-corrected chi connectivity index (χ3v) is 3.60. The minimum absolute atomic E-state index is 0.447.